The molecule has 7 heteroatoms. The van der Waals surface area contributed by atoms with Crippen LogP contribution in [-0.2, 0) is 0 Å². The molecular formula is C20H20ClN3O3. The van der Waals surface area contributed by atoms with Crippen molar-refractivity contribution in [2.24, 2.45) is 0 Å². The van der Waals surface area contributed by atoms with E-state index in [-0.39, 0.29) is 5.91 Å². The Labute approximate surface area is 162 Å². The van der Waals surface area contributed by atoms with Crippen molar-refractivity contribution in [3.63, 3.8) is 0 Å². The molecule has 1 amide bonds. The molecule has 27 heavy (non-hydrogen) atoms. The van der Waals surface area contributed by atoms with Crippen molar-refractivity contribution in [2.45, 2.75) is 13.8 Å². The van der Waals surface area contributed by atoms with Crippen molar-refractivity contribution < 1.29 is 14.3 Å². The first kappa shape index (κ1) is 18.8. The first-order valence-corrected chi connectivity index (χ1v) is 9.01. The van der Waals surface area contributed by atoms with Crippen LogP contribution in [0.25, 0.3) is 11.3 Å². The van der Waals surface area contributed by atoms with Gasteiger partial charge >= 0.3 is 0 Å². The second kappa shape index (κ2) is 8.60. The van der Waals surface area contributed by atoms with E-state index < -0.39 is 0 Å². The highest BCUT2D eigenvalue weighted by Crippen LogP contribution is 2.30. The quantitative estimate of drug-likeness (QED) is 0.613. The zero-order valence-corrected chi connectivity index (χ0v) is 15.8. The molecule has 0 bridgehead atoms. The first-order chi connectivity index (χ1) is 13.1. The van der Waals surface area contributed by atoms with Gasteiger partial charge in [-0.25, -0.2) is 0 Å². The Bertz CT molecular complexity index is 940. The van der Waals surface area contributed by atoms with Gasteiger partial charge in [0.2, 0.25) is 0 Å². The van der Waals surface area contributed by atoms with Gasteiger partial charge in [-0.1, -0.05) is 29.8 Å². The number of halogens is 1. The van der Waals surface area contributed by atoms with Crippen LogP contribution in [0.5, 0.6) is 11.5 Å². The fourth-order valence-corrected chi connectivity index (χ4v) is 2.81. The summed E-state index contributed by atoms with van der Waals surface area (Å²) in [6.45, 7) is 4.79. The summed E-state index contributed by atoms with van der Waals surface area (Å²) in [5.41, 5.74) is 2.19. The number of hydrogen-bond acceptors (Lipinski definition) is 4. The summed E-state index contributed by atoms with van der Waals surface area (Å²) in [7, 11) is 0. The van der Waals surface area contributed by atoms with E-state index in [1.54, 1.807) is 30.3 Å². The van der Waals surface area contributed by atoms with Gasteiger partial charge in [0.25, 0.3) is 5.91 Å². The number of amides is 1. The lowest BCUT2D eigenvalue weighted by atomic mass is 10.1. The molecule has 0 aliphatic heterocycles. The SMILES string of the molecule is CCOc1ccc(OCC)c(NC(=O)c2cc(-c3ccccc3Cl)n[nH]2)c1. The van der Waals surface area contributed by atoms with Crippen molar-refractivity contribution in [3.05, 3.63) is 59.2 Å². The van der Waals surface area contributed by atoms with Crippen LogP contribution in [0.15, 0.2) is 48.5 Å². The van der Waals surface area contributed by atoms with Gasteiger partial charge in [0, 0.05) is 11.6 Å². The number of ether oxygens (including phenoxy) is 2. The molecule has 1 aromatic heterocycles. The molecule has 0 saturated carbocycles. The number of anilines is 1. The topological polar surface area (TPSA) is 76.2 Å². The molecule has 0 atom stereocenters. The molecule has 140 valence electrons. The maximum Gasteiger partial charge on any atom is 0.273 e. The van der Waals surface area contributed by atoms with Crippen LogP contribution in [0.1, 0.15) is 24.3 Å². The Kier molecular flexibility index (Phi) is 5.98. The Balaban J connectivity index is 1.83. The summed E-state index contributed by atoms with van der Waals surface area (Å²) in [4.78, 5) is 12.7. The van der Waals surface area contributed by atoms with Crippen LogP contribution in [-0.4, -0.2) is 29.3 Å². The second-order valence-corrected chi connectivity index (χ2v) is 6.03. The molecule has 6 nitrogen and oxygen atoms in total. The lowest BCUT2D eigenvalue weighted by molar-refractivity contribution is 0.102. The van der Waals surface area contributed by atoms with E-state index in [0.717, 1.165) is 5.56 Å². The van der Waals surface area contributed by atoms with Crippen LogP contribution >= 0.6 is 11.6 Å². The predicted octanol–water partition coefficient (Wildman–Crippen LogP) is 4.78. The number of nitrogens with zero attached hydrogens (tertiary/aromatic N) is 1. The summed E-state index contributed by atoms with van der Waals surface area (Å²) >= 11 is 6.20. The average Bonchev–Trinajstić information content (AvgIpc) is 3.15. The van der Waals surface area contributed by atoms with Crippen molar-refractivity contribution in [1.29, 1.82) is 0 Å². The summed E-state index contributed by atoms with van der Waals surface area (Å²) in [5.74, 6) is 0.883. The highest BCUT2D eigenvalue weighted by atomic mass is 35.5. The highest BCUT2D eigenvalue weighted by molar-refractivity contribution is 6.33. The molecule has 3 aromatic rings. The maximum atomic E-state index is 12.7. The number of rotatable bonds is 7. The number of aromatic amines is 1. The van der Waals surface area contributed by atoms with Crippen LogP contribution in [0.4, 0.5) is 5.69 Å². The Morgan fingerprint density at radius 3 is 2.63 bits per heavy atom. The van der Waals surface area contributed by atoms with E-state index in [4.69, 9.17) is 21.1 Å². The Morgan fingerprint density at radius 1 is 1.11 bits per heavy atom. The van der Waals surface area contributed by atoms with Gasteiger partial charge in [0.05, 0.1) is 29.6 Å². The molecule has 0 saturated heterocycles. The summed E-state index contributed by atoms with van der Waals surface area (Å²) < 4.78 is 11.1. The summed E-state index contributed by atoms with van der Waals surface area (Å²) in [5, 5.41) is 10.3. The third kappa shape index (κ3) is 4.41. The smallest absolute Gasteiger partial charge is 0.273 e. The molecule has 0 spiro atoms. The van der Waals surface area contributed by atoms with Crippen molar-refractivity contribution in [1.82, 2.24) is 10.2 Å². The van der Waals surface area contributed by atoms with Crippen molar-refractivity contribution in [3.8, 4) is 22.8 Å². The molecular weight excluding hydrogens is 366 g/mol. The number of nitrogens with one attached hydrogen (secondary N) is 2. The third-order valence-electron chi connectivity index (χ3n) is 3.78. The molecule has 3 rings (SSSR count). The van der Waals surface area contributed by atoms with Gasteiger partial charge in [-0.3, -0.25) is 9.89 Å². The standard InChI is InChI=1S/C20H20ClN3O3/c1-3-26-13-9-10-19(27-4-2)17(11-13)22-20(25)18-12-16(23-24-18)14-7-5-6-8-15(14)21/h5-12H,3-4H2,1-2H3,(H,22,25)(H,23,24). The number of carbonyl (C=O) groups is 1. The number of benzene rings is 2. The minimum absolute atomic E-state index is 0.314. The normalized spacial score (nSPS) is 10.5. The lowest BCUT2D eigenvalue weighted by Crippen LogP contribution is -2.13. The zero-order chi connectivity index (χ0) is 19.2. The summed E-state index contributed by atoms with van der Waals surface area (Å²) in [6.07, 6.45) is 0. The van der Waals surface area contributed by atoms with Crippen LogP contribution in [0.2, 0.25) is 5.02 Å². The van der Waals surface area contributed by atoms with Crippen LogP contribution in [0, 0.1) is 0 Å². The van der Waals surface area contributed by atoms with E-state index in [2.05, 4.69) is 15.5 Å². The molecule has 2 aromatic carbocycles. The fraction of sp³-hybridized carbons (Fsp3) is 0.200. The number of H-pyrrole nitrogens is 1. The molecule has 0 unspecified atom stereocenters. The van der Waals surface area contributed by atoms with Gasteiger partial charge in [-0.15, -0.1) is 0 Å². The Morgan fingerprint density at radius 2 is 1.89 bits per heavy atom. The molecule has 0 aliphatic carbocycles. The van der Waals surface area contributed by atoms with Crippen LogP contribution < -0.4 is 14.8 Å². The van der Waals surface area contributed by atoms with Gasteiger partial charge in [-0.05, 0) is 38.1 Å². The van der Waals surface area contributed by atoms with Gasteiger partial charge < -0.3 is 14.8 Å². The van der Waals surface area contributed by atoms with Crippen molar-refractivity contribution in [2.75, 3.05) is 18.5 Å². The number of carbonyl (C=O) groups excluding carboxylic acids is 1. The predicted molar refractivity (Wildman–Crippen MR) is 106 cm³/mol. The maximum absolute atomic E-state index is 12.7. The Hall–Kier alpha value is -2.99. The largest absolute Gasteiger partial charge is 0.494 e. The monoisotopic (exact) mass is 385 g/mol. The van der Waals surface area contributed by atoms with Gasteiger partial charge in [-0.2, -0.15) is 5.10 Å². The van der Waals surface area contributed by atoms with E-state index in [1.165, 1.54) is 0 Å². The molecule has 2 N–H and O–H groups in total. The number of aromatic nitrogens is 2. The molecule has 0 aliphatic rings. The lowest BCUT2D eigenvalue weighted by Gasteiger charge is -2.13. The van der Waals surface area contributed by atoms with E-state index in [1.807, 2.05) is 32.0 Å². The second-order valence-electron chi connectivity index (χ2n) is 5.62. The summed E-state index contributed by atoms with van der Waals surface area (Å²) in [6, 6.07) is 14.3. The van der Waals surface area contributed by atoms with E-state index >= 15 is 0 Å². The molecule has 0 radical (unpaired) electrons. The molecule has 0 fully saturated rings. The van der Waals surface area contributed by atoms with Gasteiger partial charge in [0.15, 0.2) is 0 Å². The van der Waals surface area contributed by atoms with Crippen LogP contribution in [0.3, 0.4) is 0 Å². The van der Waals surface area contributed by atoms with E-state index in [0.29, 0.717) is 46.8 Å². The zero-order valence-electron chi connectivity index (χ0n) is 15.1. The number of hydrogen-bond donors (Lipinski definition) is 2. The van der Waals surface area contributed by atoms with Gasteiger partial charge in [0.1, 0.15) is 17.2 Å². The minimum Gasteiger partial charge on any atom is -0.494 e. The minimum atomic E-state index is -0.338. The van der Waals surface area contributed by atoms with Crippen molar-refractivity contribution >= 4 is 23.2 Å². The van der Waals surface area contributed by atoms with E-state index in [9.17, 15) is 4.79 Å². The average molecular weight is 386 g/mol. The first-order valence-electron chi connectivity index (χ1n) is 8.63. The molecule has 1 heterocycles. The highest BCUT2D eigenvalue weighted by Gasteiger charge is 2.15. The fourth-order valence-electron chi connectivity index (χ4n) is 2.58. The third-order valence-corrected chi connectivity index (χ3v) is 4.11.